The van der Waals surface area contributed by atoms with Crippen LogP contribution in [0.25, 0.3) is 0 Å². The lowest BCUT2D eigenvalue weighted by Crippen LogP contribution is -2.50. The van der Waals surface area contributed by atoms with E-state index in [4.69, 9.17) is 10.9 Å². The molecule has 1 saturated carbocycles. The van der Waals surface area contributed by atoms with Crippen molar-refractivity contribution in [3.63, 3.8) is 0 Å². The molecule has 0 aromatic carbocycles. The van der Waals surface area contributed by atoms with Gasteiger partial charge in [0.2, 0.25) is 5.91 Å². The standard InChI is InChI=1S/C16H31N3O2/c1-4-5-6-12-7-9-13(10-8-12)16(20)18-14(11(2)3)15(17)19-21/h11-14,21H,4-10H2,1-3H3,(H2,17,19)(H,18,20). The van der Waals surface area contributed by atoms with Crippen LogP contribution in [0.4, 0.5) is 0 Å². The Morgan fingerprint density at radius 3 is 2.43 bits per heavy atom. The zero-order chi connectivity index (χ0) is 15.8. The third-order valence-electron chi connectivity index (χ3n) is 4.58. The molecule has 0 saturated heterocycles. The molecule has 0 spiro atoms. The van der Waals surface area contributed by atoms with Gasteiger partial charge in [-0.1, -0.05) is 45.2 Å². The molecule has 0 radical (unpaired) electrons. The highest BCUT2D eigenvalue weighted by molar-refractivity contribution is 5.90. The Labute approximate surface area is 128 Å². The minimum atomic E-state index is -0.389. The number of unbranched alkanes of at least 4 members (excludes halogenated alkanes) is 1. The number of amidine groups is 1. The Kier molecular flexibility index (Phi) is 7.54. The number of oxime groups is 1. The van der Waals surface area contributed by atoms with Crippen molar-refractivity contribution in [1.29, 1.82) is 0 Å². The highest BCUT2D eigenvalue weighted by Crippen LogP contribution is 2.32. The van der Waals surface area contributed by atoms with Crippen molar-refractivity contribution >= 4 is 11.7 Å². The van der Waals surface area contributed by atoms with Gasteiger partial charge in [-0.25, -0.2) is 0 Å². The van der Waals surface area contributed by atoms with Gasteiger partial charge < -0.3 is 16.3 Å². The molecule has 122 valence electrons. The van der Waals surface area contributed by atoms with E-state index >= 15 is 0 Å². The number of nitrogens with zero attached hydrogens (tertiary/aromatic N) is 1. The van der Waals surface area contributed by atoms with Crippen LogP contribution < -0.4 is 11.1 Å². The molecule has 1 atom stereocenters. The number of hydrogen-bond acceptors (Lipinski definition) is 3. The summed E-state index contributed by atoms with van der Waals surface area (Å²) in [5.41, 5.74) is 5.66. The third kappa shape index (κ3) is 5.56. The van der Waals surface area contributed by atoms with Gasteiger partial charge in [0, 0.05) is 5.92 Å². The van der Waals surface area contributed by atoms with Crippen LogP contribution in [0.2, 0.25) is 0 Å². The van der Waals surface area contributed by atoms with Gasteiger partial charge in [-0.15, -0.1) is 0 Å². The molecule has 1 rings (SSSR count). The van der Waals surface area contributed by atoms with E-state index in [2.05, 4.69) is 17.4 Å². The fourth-order valence-corrected chi connectivity index (χ4v) is 3.12. The highest BCUT2D eigenvalue weighted by atomic mass is 16.4. The van der Waals surface area contributed by atoms with Crippen LogP contribution in [0.15, 0.2) is 5.16 Å². The van der Waals surface area contributed by atoms with Crippen LogP contribution in [0.1, 0.15) is 65.7 Å². The first-order chi connectivity index (χ1) is 9.99. The summed E-state index contributed by atoms with van der Waals surface area (Å²) in [6, 6.07) is -0.389. The van der Waals surface area contributed by atoms with Crippen LogP contribution >= 0.6 is 0 Å². The van der Waals surface area contributed by atoms with Gasteiger partial charge in [-0.2, -0.15) is 0 Å². The maximum atomic E-state index is 12.4. The largest absolute Gasteiger partial charge is 0.409 e. The molecule has 5 nitrogen and oxygen atoms in total. The number of amides is 1. The molecule has 0 heterocycles. The van der Waals surface area contributed by atoms with E-state index in [1.165, 1.54) is 19.3 Å². The van der Waals surface area contributed by atoms with Crippen molar-refractivity contribution in [1.82, 2.24) is 5.32 Å². The average molecular weight is 297 g/mol. The number of carbonyl (C=O) groups is 1. The monoisotopic (exact) mass is 297 g/mol. The number of nitrogens with one attached hydrogen (secondary N) is 1. The smallest absolute Gasteiger partial charge is 0.223 e. The SMILES string of the molecule is CCCCC1CCC(C(=O)NC(C(N)=NO)C(C)C)CC1. The molecule has 4 N–H and O–H groups in total. The molecule has 21 heavy (non-hydrogen) atoms. The molecule has 1 aliphatic carbocycles. The Bertz CT molecular complexity index is 347. The van der Waals surface area contributed by atoms with Crippen molar-refractivity contribution in [3.8, 4) is 0 Å². The normalized spacial score (nSPS) is 24.9. The fourth-order valence-electron chi connectivity index (χ4n) is 3.12. The molecule has 1 aliphatic rings. The van der Waals surface area contributed by atoms with Gasteiger partial charge in [0.25, 0.3) is 0 Å². The second-order valence-electron chi connectivity index (χ2n) is 6.62. The van der Waals surface area contributed by atoms with Gasteiger partial charge >= 0.3 is 0 Å². The van der Waals surface area contributed by atoms with Gasteiger partial charge in [0.15, 0.2) is 5.84 Å². The van der Waals surface area contributed by atoms with Crippen molar-refractivity contribution in [2.24, 2.45) is 28.6 Å². The zero-order valence-corrected chi connectivity index (χ0v) is 13.6. The lowest BCUT2D eigenvalue weighted by molar-refractivity contribution is -0.126. The van der Waals surface area contributed by atoms with Crippen LogP contribution in [-0.2, 0) is 4.79 Å². The summed E-state index contributed by atoms with van der Waals surface area (Å²) in [7, 11) is 0. The second kappa shape index (κ2) is 8.90. The fraction of sp³-hybridized carbons (Fsp3) is 0.875. The van der Waals surface area contributed by atoms with Gasteiger partial charge in [-0.05, 0) is 37.5 Å². The lowest BCUT2D eigenvalue weighted by Gasteiger charge is -2.30. The number of hydrogen-bond donors (Lipinski definition) is 3. The zero-order valence-electron chi connectivity index (χ0n) is 13.6. The molecule has 1 amide bonds. The van der Waals surface area contributed by atoms with Crippen LogP contribution in [-0.4, -0.2) is 23.0 Å². The van der Waals surface area contributed by atoms with E-state index in [9.17, 15) is 4.79 Å². The molecular weight excluding hydrogens is 266 g/mol. The summed E-state index contributed by atoms with van der Waals surface area (Å²) in [4.78, 5) is 12.4. The minimum Gasteiger partial charge on any atom is -0.409 e. The predicted molar refractivity (Wildman–Crippen MR) is 85.2 cm³/mol. The van der Waals surface area contributed by atoms with Crippen LogP contribution in [0, 0.1) is 17.8 Å². The molecule has 1 fully saturated rings. The van der Waals surface area contributed by atoms with E-state index in [1.807, 2.05) is 13.8 Å². The summed E-state index contributed by atoms with van der Waals surface area (Å²) in [5.74, 6) is 1.10. The first-order valence-corrected chi connectivity index (χ1v) is 8.27. The van der Waals surface area contributed by atoms with Crippen molar-refractivity contribution in [2.45, 2.75) is 71.8 Å². The molecule has 5 heteroatoms. The van der Waals surface area contributed by atoms with Gasteiger partial charge in [-0.3, -0.25) is 4.79 Å². The molecule has 0 aromatic rings. The Morgan fingerprint density at radius 2 is 1.95 bits per heavy atom. The van der Waals surface area contributed by atoms with E-state index < -0.39 is 0 Å². The summed E-state index contributed by atoms with van der Waals surface area (Å²) in [6.07, 6.45) is 8.05. The third-order valence-corrected chi connectivity index (χ3v) is 4.58. The number of carbonyl (C=O) groups excluding carboxylic acids is 1. The van der Waals surface area contributed by atoms with Crippen LogP contribution in [0.3, 0.4) is 0 Å². The molecule has 1 unspecified atom stereocenters. The van der Waals surface area contributed by atoms with Gasteiger partial charge in [0.05, 0.1) is 6.04 Å². The average Bonchev–Trinajstić information content (AvgIpc) is 2.49. The van der Waals surface area contributed by atoms with Gasteiger partial charge in [0.1, 0.15) is 0 Å². The Hall–Kier alpha value is -1.26. The topological polar surface area (TPSA) is 87.7 Å². The van der Waals surface area contributed by atoms with E-state index in [-0.39, 0.29) is 29.6 Å². The van der Waals surface area contributed by atoms with Crippen molar-refractivity contribution in [2.75, 3.05) is 0 Å². The summed E-state index contributed by atoms with van der Waals surface area (Å²) >= 11 is 0. The van der Waals surface area contributed by atoms with E-state index in [1.54, 1.807) is 0 Å². The molecule has 0 aliphatic heterocycles. The molecule has 0 bridgehead atoms. The molecule has 0 aromatic heterocycles. The predicted octanol–water partition coefficient (Wildman–Crippen LogP) is 2.87. The highest BCUT2D eigenvalue weighted by Gasteiger charge is 2.29. The van der Waals surface area contributed by atoms with Crippen LogP contribution in [0.5, 0.6) is 0 Å². The first kappa shape index (κ1) is 17.8. The first-order valence-electron chi connectivity index (χ1n) is 8.27. The summed E-state index contributed by atoms with van der Waals surface area (Å²) in [5, 5.41) is 14.8. The quantitative estimate of drug-likeness (QED) is 0.292. The van der Waals surface area contributed by atoms with E-state index in [0.29, 0.717) is 0 Å². The minimum absolute atomic E-state index is 0.0502. The summed E-state index contributed by atoms with van der Waals surface area (Å²) in [6.45, 7) is 6.12. The lowest BCUT2D eigenvalue weighted by atomic mass is 9.79. The van der Waals surface area contributed by atoms with E-state index in [0.717, 1.165) is 31.6 Å². The Balaban J connectivity index is 2.46. The number of nitrogens with two attached hydrogens (primary N) is 1. The second-order valence-corrected chi connectivity index (χ2v) is 6.62. The molecular formula is C16H31N3O2. The maximum Gasteiger partial charge on any atom is 0.223 e. The van der Waals surface area contributed by atoms with Crippen molar-refractivity contribution in [3.05, 3.63) is 0 Å². The maximum absolute atomic E-state index is 12.4. The Morgan fingerprint density at radius 1 is 1.33 bits per heavy atom. The number of rotatable bonds is 7. The van der Waals surface area contributed by atoms with Crippen molar-refractivity contribution < 1.29 is 10.0 Å². The summed E-state index contributed by atoms with van der Waals surface area (Å²) < 4.78 is 0.